The molecule has 0 amide bonds. The molecule has 0 fully saturated rings. The SMILES string of the molecule is NCc1cc(-c2cnc(C(F)(F)F)nc2)nc(C(F)(F)F)c1. The number of nitrogens with zero attached hydrogens (tertiary/aromatic N) is 3. The summed E-state index contributed by atoms with van der Waals surface area (Å²) in [4.78, 5) is 9.54. The van der Waals surface area contributed by atoms with Gasteiger partial charge in [0, 0.05) is 24.5 Å². The minimum atomic E-state index is -4.73. The fourth-order valence-electron chi connectivity index (χ4n) is 1.60. The first-order valence-electron chi connectivity index (χ1n) is 5.79. The van der Waals surface area contributed by atoms with Crippen LogP contribution in [-0.4, -0.2) is 15.0 Å². The van der Waals surface area contributed by atoms with E-state index in [9.17, 15) is 26.3 Å². The number of aromatic nitrogens is 3. The Labute approximate surface area is 120 Å². The van der Waals surface area contributed by atoms with Crippen LogP contribution in [0.15, 0.2) is 24.5 Å². The van der Waals surface area contributed by atoms with Crippen LogP contribution >= 0.6 is 0 Å². The summed E-state index contributed by atoms with van der Waals surface area (Å²) in [5.41, 5.74) is 3.98. The Kier molecular flexibility index (Phi) is 4.05. The molecule has 4 nitrogen and oxygen atoms in total. The van der Waals surface area contributed by atoms with Gasteiger partial charge in [-0.05, 0) is 17.7 Å². The standard InChI is InChI=1S/C12H8F6N4/c13-11(14,15)9-2-6(3-19)1-8(22-9)7-4-20-10(21-5-7)12(16,17)18/h1-2,4-5H,3,19H2. The van der Waals surface area contributed by atoms with Crippen LogP contribution in [0.2, 0.25) is 0 Å². The van der Waals surface area contributed by atoms with Crippen LogP contribution in [0.3, 0.4) is 0 Å². The van der Waals surface area contributed by atoms with E-state index in [0.29, 0.717) is 0 Å². The molecule has 2 rings (SSSR count). The van der Waals surface area contributed by atoms with Crippen LogP contribution in [-0.2, 0) is 18.9 Å². The summed E-state index contributed by atoms with van der Waals surface area (Å²) in [6, 6.07) is 2.01. The molecule has 0 aliphatic rings. The first-order valence-corrected chi connectivity index (χ1v) is 5.79. The van der Waals surface area contributed by atoms with Crippen molar-refractivity contribution in [3.63, 3.8) is 0 Å². The van der Waals surface area contributed by atoms with Crippen molar-refractivity contribution in [2.75, 3.05) is 0 Å². The van der Waals surface area contributed by atoms with Crippen molar-refractivity contribution in [1.82, 2.24) is 15.0 Å². The van der Waals surface area contributed by atoms with Gasteiger partial charge < -0.3 is 5.73 Å². The van der Waals surface area contributed by atoms with Crippen molar-refractivity contribution in [2.45, 2.75) is 18.9 Å². The number of nitrogens with two attached hydrogens (primary N) is 1. The zero-order valence-corrected chi connectivity index (χ0v) is 10.7. The van der Waals surface area contributed by atoms with E-state index in [0.717, 1.165) is 18.5 Å². The molecule has 0 spiro atoms. The first kappa shape index (κ1) is 16.1. The van der Waals surface area contributed by atoms with Gasteiger partial charge in [-0.15, -0.1) is 0 Å². The Balaban J connectivity index is 2.48. The highest BCUT2D eigenvalue weighted by Crippen LogP contribution is 2.31. The molecular formula is C12H8F6N4. The Morgan fingerprint density at radius 1 is 0.909 bits per heavy atom. The Morgan fingerprint density at radius 3 is 1.95 bits per heavy atom. The zero-order valence-electron chi connectivity index (χ0n) is 10.7. The van der Waals surface area contributed by atoms with Gasteiger partial charge in [-0.2, -0.15) is 26.3 Å². The van der Waals surface area contributed by atoms with Crippen molar-refractivity contribution < 1.29 is 26.3 Å². The van der Waals surface area contributed by atoms with E-state index in [1.165, 1.54) is 6.07 Å². The maximum atomic E-state index is 12.7. The molecule has 0 radical (unpaired) electrons. The highest BCUT2D eigenvalue weighted by molar-refractivity contribution is 5.58. The monoisotopic (exact) mass is 322 g/mol. The summed E-state index contributed by atoms with van der Waals surface area (Å²) in [7, 11) is 0. The predicted molar refractivity (Wildman–Crippen MR) is 63.2 cm³/mol. The molecule has 2 heterocycles. The number of halogens is 6. The summed E-state index contributed by atoms with van der Waals surface area (Å²) in [5.74, 6) is -1.39. The van der Waals surface area contributed by atoms with Gasteiger partial charge >= 0.3 is 12.4 Å². The van der Waals surface area contributed by atoms with Gasteiger partial charge in [0.25, 0.3) is 0 Å². The first-order chi connectivity index (χ1) is 10.1. The van der Waals surface area contributed by atoms with E-state index in [-0.39, 0.29) is 23.4 Å². The van der Waals surface area contributed by atoms with E-state index in [4.69, 9.17) is 5.73 Å². The highest BCUT2D eigenvalue weighted by Gasteiger charge is 2.35. The summed E-state index contributed by atoms with van der Waals surface area (Å²) < 4.78 is 75.3. The molecule has 10 heteroatoms. The number of hydrogen-bond donors (Lipinski definition) is 1. The van der Waals surface area contributed by atoms with E-state index in [1.807, 2.05) is 0 Å². The lowest BCUT2D eigenvalue weighted by atomic mass is 10.1. The second-order valence-electron chi connectivity index (χ2n) is 4.24. The second-order valence-corrected chi connectivity index (χ2v) is 4.24. The van der Waals surface area contributed by atoms with Crippen molar-refractivity contribution in [1.29, 1.82) is 0 Å². The largest absolute Gasteiger partial charge is 0.451 e. The van der Waals surface area contributed by atoms with Gasteiger partial charge in [0.05, 0.1) is 5.69 Å². The van der Waals surface area contributed by atoms with Crippen molar-refractivity contribution >= 4 is 0 Å². The third-order valence-electron chi connectivity index (χ3n) is 2.61. The van der Waals surface area contributed by atoms with Gasteiger partial charge in [0.2, 0.25) is 5.82 Å². The third kappa shape index (κ3) is 3.50. The topological polar surface area (TPSA) is 64.7 Å². The van der Waals surface area contributed by atoms with Crippen molar-refractivity contribution in [3.05, 3.63) is 41.6 Å². The molecule has 0 bridgehead atoms. The molecule has 0 aliphatic heterocycles. The molecule has 2 aromatic rings. The molecule has 2 N–H and O–H groups in total. The van der Waals surface area contributed by atoms with Crippen LogP contribution in [0.4, 0.5) is 26.3 Å². The molecule has 0 saturated heterocycles. The summed E-state index contributed by atoms with van der Waals surface area (Å²) in [5, 5.41) is 0. The summed E-state index contributed by atoms with van der Waals surface area (Å²) in [6.07, 6.45) is -7.91. The molecule has 0 unspecified atom stereocenters. The fourth-order valence-corrected chi connectivity index (χ4v) is 1.60. The van der Waals surface area contributed by atoms with Crippen LogP contribution in [0.1, 0.15) is 17.1 Å². The average Bonchev–Trinajstić information content (AvgIpc) is 2.45. The molecule has 0 aliphatic carbocycles. The van der Waals surface area contributed by atoms with Crippen LogP contribution < -0.4 is 5.73 Å². The van der Waals surface area contributed by atoms with Gasteiger partial charge in [0.1, 0.15) is 5.69 Å². The van der Waals surface area contributed by atoms with E-state index in [2.05, 4.69) is 15.0 Å². The van der Waals surface area contributed by atoms with Crippen LogP contribution in [0.5, 0.6) is 0 Å². The number of hydrogen-bond acceptors (Lipinski definition) is 4. The minimum absolute atomic E-state index is 0.0752. The lowest BCUT2D eigenvalue weighted by Gasteiger charge is -2.11. The summed E-state index contributed by atoms with van der Waals surface area (Å²) in [6.45, 7) is -0.180. The zero-order chi connectivity index (χ0) is 16.5. The van der Waals surface area contributed by atoms with Crippen molar-refractivity contribution in [2.24, 2.45) is 5.73 Å². The van der Waals surface area contributed by atoms with Gasteiger partial charge in [-0.1, -0.05) is 0 Å². The van der Waals surface area contributed by atoms with E-state index < -0.39 is 23.9 Å². The van der Waals surface area contributed by atoms with E-state index in [1.54, 1.807) is 0 Å². The van der Waals surface area contributed by atoms with E-state index >= 15 is 0 Å². The van der Waals surface area contributed by atoms with Crippen LogP contribution in [0, 0.1) is 0 Å². The Bertz CT molecular complexity index is 663. The Morgan fingerprint density at radius 2 is 1.50 bits per heavy atom. The van der Waals surface area contributed by atoms with Crippen molar-refractivity contribution in [3.8, 4) is 11.3 Å². The smallest absolute Gasteiger partial charge is 0.326 e. The molecule has 2 aromatic heterocycles. The Hall–Kier alpha value is -2.23. The molecule has 22 heavy (non-hydrogen) atoms. The number of alkyl halides is 6. The lowest BCUT2D eigenvalue weighted by molar-refractivity contribution is -0.145. The molecule has 0 aromatic carbocycles. The summed E-state index contributed by atoms with van der Waals surface area (Å²) >= 11 is 0. The molecule has 118 valence electrons. The lowest BCUT2D eigenvalue weighted by Crippen LogP contribution is -2.12. The second kappa shape index (κ2) is 5.52. The fraction of sp³-hybridized carbons (Fsp3) is 0.250. The third-order valence-corrected chi connectivity index (χ3v) is 2.61. The maximum Gasteiger partial charge on any atom is 0.451 e. The average molecular weight is 322 g/mol. The maximum absolute atomic E-state index is 12.7. The van der Waals surface area contributed by atoms with Gasteiger partial charge in [-0.25, -0.2) is 15.0 Å². The van der Waals surface area contributed by atoms with Gasteiger partial charge in [-0.3, -0.25) is 0 Å². The minimum Gasteiger partial charge on any atom is -0.326 e. The highest BCUT2D eigenvalue weighted by atomic mass is 19.4. The quantitative estimate of drug-likeness (QED) is 0.863. The predicted octanol–water partition coefficient (Wildman–Crippen LogP) is 3.03. The number of rotatable bonds is 2. The van der Waals surface area contributed by atoms with Crippen LogP contribution in [0.25, 0.3) is 11.3 Å². The molecule has 0 atom stereocenters. The molecular weight excluding hydrogens is 314 g/mol. The number of pyridine rings is 1. The normalized spacial score (nSPS) is 12.5. The molecule has 0 saturated carbocycles. The van der Waals surface area contributed by atoms with Gasteiger partial charge in [0.15, 0.2) is 0 Å².